The van der Waals surface area contributed by atoms with Crippen LogP contribution in [0.1, 0.15) is 31.2 Å². The van der Waals surface area contributed by atoms with Crippen LogP contribution in [0.3, 0.4) is 0 Å². The van der Waals surface area contributed by atoms with E-state index in [0.717, 1.165) is 53.5 Å². The standard InChI is InChI=1S/C21H22N4OS/c26-20(17-10-4-5-11-17)23-18-12-6-7-15(13-18)14-22-21-24-19(25-27-21)16-8-2-1-3-9-16/h1-3,6-9,12-13,17H,4-5,10-11,14H2,(H,23,26)(H,22,24,25). The number of nitrogens with zero attached hydrogens (tertiary/aromatic N) is 2. The molecule has 2 aromatic carbocycles. The minimum Gasteiger partial charge on any atom is -0.356 e. The summed E-state index contributed by atoms with van der Waals surface area (Å²) in [6, 6.07) is 17.9. The third-order valence-electron chi connectivity index (χ3n) is 4.82. The molecule has 0 saturated heterocycles. The lowest BCUT2D eigenvalue weighted by Crippen LogP contribution is -2.20. The van der Waals surface area contributed by atoms with Gasteiger partial charge >= 0.3 is 0 Å². The quantitative estimate of drug-likeness (QED) is 0.637. The predicted octanol–water partition coefficient (Wildman–Crippen LogP) is 4.95. The Labute approximate surface area is 163 Å². The third-order valence-corrected chi connectivity index (χ3v) is 5.50. The number of carbonyl (C=O) groups is 1. The summed E-state index contributed by atoms with van der Waals surface area (Å²) < 4.78 is 4.41. The maximum absolute atomic E-state index is 12.3. The lowest BCUT2D eigenvalue weighted by molar-refractivity contribution is -0.119. The van der Waals surface area contributed by atoms with Gasteiger partial charge in [-0.1, -0.05) is 55.3 Å². The minimum absolute atomic E-state index is 0.147. The van der Waals surface area contributed by atoms with Gasteiger partial charge in [-0.15, -0.1) is 0 Å². The van der Waals surface area contributed by atoms with Crippen LogP contribution >= 0.6 is 11.5 Å². The van der Waals surface area contributed by atoms with Crippen molar-refractivity contribution < 1.29 is 4.79 Å². The SMILES string of the molecule is O=C(Nc1cccc(CNc2nc(-c3ccccc3)ns2)c1)C1CCCC1. The fourth-order valence-corrected chi connectivity index (χ4v) is 3.95. The van der Waals surface area contributed by atoms with Crippen molar-refractivity contribution in [2.45, 2.75) is 32.2 Å². The van der Waals surface area contributed by atoms with Crippen molar-refractivity contribution in [3.05, 3.63) is 60.2 Å². The molecule has 0 unspecified atom stereocenters. The van der Waals surface area contributed by atoms with Crippen LogP contribution in [0.25, 0.3) is 11.4 Å². The van der Waals surface area contributed by atoms with Crippen LogP contribution < -0.4 is 10.6 Å². The Hall–Kier alpha value is -2.73. The van der Waals surface area contributed by atoms with Gasteiger partial charge in [0.25, 0.3) is 0 Å². The maximum Gasteiger partial charge on any atom is 0.227 e. The number of benzene rings is 2. The monoisotopic (exact) mass is 378 g/mol. The van der Waals surface area contributed by atoms with Gasteiger partial charge in [-0.25, -0.2) is 0 Å². The lowest BCUT2D eigenvalue weighted by Gasteiger charge is -2.11. The normalized spacial score (nSPS) is 14.2. The van der Waals surface area contributed by atoms with Crippen LogP contribution in [0.5, 0.6) is 0 Å². The zero-order chi connectivity index (χ0) is 18.5. The fraction of sp³-hybridized carbons (Fsp3) is 0.286. The minimum atomic E-state index is 0.147. The number of nitrogens with one attached hydrogen (secondary N) is 2. The molecule has 1 fully saturated rings. The van der Waals surface area contributed by atoms with Crippen molar-refractivity contribution in [1.82, 2.24) is 9.36 Å². The molecule has 2 N–H and O–H groups in total. The van der Waals surface area contributed by atoms with E-state index in [2.05, 4.69) is 20.0 Å². The topological polar surface area (TPSA) is 66.9 Å². The van der Waals surface area contributed by atoms with E-state index >= 15 is 0 Å². The van der Waals surface area contributed by atoms with Crippen LogP contribution in [-0.2, 0) is 11.3 Å². The summed E-state index contributed by atoms with van der Waals surface area (Å²) in [5, 5.41) is 7.16. The first kappa shape index (κ1) is 17.7. The Morgan fingerprint density at radius 1 is 1.07 bits per heavy atom. The summed E-state index contributed by atoms with van der Waals surface area (Å²) in [6.07, 6.45) is 4.34. The Bertz CT molecular complexity index is 903. The highest BCUT2D eigenvalue weighted by Crippen LogP contribution is 2.26. The number of amides is 1. The summed E-state index contributed by atoms with van der Waals surface area (Å²) >= 11 is 1.35. The van der Waals surface area contributed by atoms with Crippen LogP contribution in [0, 0.1) is 5.92 Å². The van der Waals surface area contributed by atoms with E-state index in [1.165, 1.54) is 11.5 Å². The summed E-state index contributed by atoms with van der Waals surface area (Å²) in [7, 11) is 0. The average Bonchev–Trinajstić information content (AvgIpc) is 3.40. The molecule has 0 aliphatic heterocycles. The van der Waals surface area contributed by atoms with Gasteiger partial charge in [0.2, 0.25) is 11.0 Å². The van der Waals surface area contributed by atoms with E-state index in [4.69, 9.17) is 0 Å². The maximum atomic E-state index is 12.3. The van der Waals surface area contributed by atoms with E-state index in [-0.39, 0.29) is 11.8 Å². The smallest absolute Gasteiger partial charge is 0.227 e. The van der Waals surface area contributed by atoms with Crippen molar-refractivity contribution in [2.24, 2.45) is 5.92 Å². The first-order valence-corrected chi connectivity index (χ1v) is 10.1. The fourth-order valence-electron chi connectivity index (χ4n) is 3.37. The number of hydrogen-bond acceptors (Lipinski definition) is 5. The second-order valence-electron chi connectivity index (χ2n) is 6.81. The van der Waals surface area contributed by atoms with Crippen molar-refractivity contribution in [3.63, 3.8) is 0 Å². The van der Waals surface area contributed by atoms with Crippen molar-refractivity contribution in [2.75, 3.05) is 10.6 Å². The van der Waals surface area contributed by atoms with E-state index in [1.807, 2.05) is 54.6 Å². The van der Waals surface area contributed by atoms with Crippen LogP contribution in [0.4, 0.5) is 10.8 Å². The molecule has 4 rings (SSSR count). The van der Waals surface area contributed by atoms with Gasteiger partial charge in [0.05, 0.1) is 0 Å². The molecule has 3 aromatic rings. The molecule has 0 bridgehead atoms. The Kier molecular flexibility index (Phi) is 5.44. The van der Waals surface area contributed by atoms with Crippen molar-refractivity contribution in [3.8, 4) is 11.4 Å². The van der Waals surface area contributed by atoms with Gasteiger partial charge in [0.1, 0.15) is 0 Å². The zero-order valence-corrected chi connectivity index (χ0v) is 15.8. The van der Waals surface area contributed by atoms with Crippen molar-refractivity contribution >= 4 is 28.3 Å². The molecule has 6 heteroatoms. The van der Waals surface area contributed by atoms with E-state index in [9.17, 15) is 4.79 Å². The number of rotatable bonds is 6. The molecule has 5 nitrogen and oxygen atoms in total. The molecule has 1 aromatic heterocycles. The Morgan fingerprint density at radius 2 is 1.89 bits per heavy atom. The van der Waals surface area contributed by atoms with Gasteiger partial charge in [-0.3, -0.25) is 4.79 Å². The Balaban J connectivity index is 1.36. The van der Waals surface area contributed by atoms with Crippen molar-refractivity contribution in [1.29, 1.82) is 0 Å². The molecule has 1 aliphatic carbocycles. The highest BCUT2D eigenvalue weighted by atomic mass is 32.1. The van der Waals surface area contributed by atoms with E-state index in [0.29, 0.717) is 6.54 Å². The highest BCUT2D eigenvalue weighted by Gasteiger charge is 2.22. The zero-order valence-electron chi connectivity index (χ0n) is 15.0. The average molecular weight is 379 g/mol. The highest BCUT2D eigenvalue weighted by molar-refractivity contribution is 7.09. The Morgan fingerprint density at radius 3 is 2.70 bits per heavy atom. The molecule has 1 heterocycles. The van der Waals surface area contributed by atoms with Gasteiger partial charge < -0.3 is 10.6 Å². The molecule has 1 aliphatic rings. The van der Waals surface area contributed by atoms with Crippen LogP contribution in [0.15, 0.2) is 54.6 Å². The second kappa shape index (κ2) is 8.31. The summed E-state index contributed by atoms with van der Waals surface area (Å²) in [5.41, 5.74) is 2.96. The second-order valence-corrected chi connectivity index (χ2v) is 7.57. The first-order valence-electron chi connectivity index (χ1n) is 9.31. The molecule has 0 spiro atoms. The van der Waals surface area contributed by atoms with Gasteiger partial charge in [0.15, 0.2) is 5.82 Å². The number of aromatic nitrogens is 2. The molecule has 1 saturated carbocycles. The molecule has 0 radical (unpaired) electrons. The van der Waals surface area contributed by atoms with E-state index in [1.54, 1.807) is 0 Å². The molecule has 138 valence electrons. The lowest BCUT2D eigenvalue weighted by atomic mass is 10.1. The molecule has 27 heavy (non-hydrogen) atoms. The number of hydrogen-bond donors (Lipinski definition) is 2. The van der Waals surface area contributed by atoms with Gasteiger partial charge in [-0.05, 0) is 30.5 Å². The van der Waals surface area contributed by atoms with Gasteiger partial charge in [0, 0.05) is 35.2 Å². The number of anilines is 2. The van der Waals surface area contributed by atoms with Crippen LogP contribution in [-0.4, -0.2) is 15.3 Å². The van der Waals surface area contributed by atoms with Crippen LogP contribution in [0.2, 0.25) is 0 Å². The summed E-state index contributed by atoms with van der Waals surface area (Å²) in [6.45, 7) is 0.635. The molecule has 0 atom stereocenters. The molecular formula is C21H22N4OS. The molecule has 1 amide bonds. The summed E-state index contributed by atoms with van der Waals surface area (Å²) in [4.78, 5) is 16.8. The largest absolute Gasteiger partial charge is 0.356 e. The third kappa shape index (κ3) is 4.52. The molecular weight excluding hydrogens is 356 g/mol. The summed E-state index contributed by atoms with van der Waals surface area (Å²) in [5.74, 6) is 1.06. The predicted molar refractivity (Wildman–Crippen MR) is 110 cm³/mol. The first-order chi connectivity index (χ1) is 13.3. The number of carbonyl (C=O) groups excluding carboxylic acids is 1. The van der Waals surface area contributed by atoms with E-state index < -0.39 is 0 Å². The van der Waals surface area contributed by atoms with Gasteiger partial charge in [-0.2, -0.15) is 9.36 Å².